The topological polar surface area (TPSA) is 72.3 Å². The Labute approximate surface area is 193 Å². The van der Waals surface area contributed by atoms with E-state index >= 15 is 0 Å². The van der Waals surface area contributed by atoms with E-state index in [1.807, 2.05) is 36.2 Å². The zero-order valence-corrected chi connectivity index (χ0v) is 20.0. The third-order valence-electron chi connectivity index (χ3n) is 5.98. The molecule has 1 aromatic carbocycles. The van der Waals surface area contributed by atoms with E-state index in [2.05, 4.69) is 36.8 Å². The van der Waals surface area contributed by atoms with Crippen LogP contribution in [0.4, 0.5) is 11.5 Å². The SMILES string of the molecule is CNC(=O)c1nc2c(N(C)c3ccc(Cl)cc3)nn(C3CCOCC3)c2cc1C(C)(C)C. The molecule has 0 saturated carbocycles. The van der Waals surface area contributed by atoms with Crippen molar-refractivity contribution in [2.45, 2.75) is 45.1 Å². The van der Waals surface area contributed by atoms with Gasteiger partial charge in [0.1, 0.15) is 11.2 Å². The van der Waals surface area contributed by atoms with Gasteiger partial charge in [-0.1, -0.05) is 32.4 Å². The van der Waals surface area contributed by atoms with Crippen LogP contribution in [0.25, 0.3) is 11.0 Å². The van der Waals surface area contributed by atoms with Gasteiger partial charge in [-0.15, -0.1) is 0 Å². The van der Waals surface area contributed by atoms with Crippen molar-refractivity contribution >= 4 is 40.0 Å². The summed E-state index contributed by atoms with van der Waals surface area (Å²) in [4.78, 5) is 19.7. The molecule has 32 heavy (non-hydrogen) atoms. The standard InChI is InChI=1S/C24H30ClN5O2/c1-24(2,3)18-14-19-21(27-20(18)23(31)26-4)22(28-30(19)17-10-12-32-13-11-17)29(5)16-8-6-15(25)7-9-16/h6-9,14,17H,10-13H2,1-5H3,(H,26,31). The van der Waals surface area contributed by atoms with Crippen molar-refractivity contribution in [3.63, 3.8) is 0 Å². The Hall–Kier alpha value is -2.64. The lowest BCUT2D eigenvalue weighted by molar-refractivity contribution is 0.0675. The maximum atomic E-state index is 12.8. The summed E-state index contributed by atoms with van der Waals surface area (Å²) in [5.74, 6) is 0.509. The molecule has 0 spiro atoms. The first-order chi connectivity index (χ1) is 15.2. The van der Waals surface area contributed by atoms with Crippen LogP contribution in [-0.2, 0) is 10.2 Å². The van der Waals surface area contributed by atoms with Gasteiger partial charge in [-0.25, -0.2) is 4.98 Å². The Morgan fingerprint density at radius 1 is 1.22 bits per heavy atom. The summed E-state index contributed by atoms with van der Waals surface area (Å²) in [6.45, 7) is 7.71. The molecule has 8 heteroatoms. The number of aromatic nitrogens is 3. The molecule has 4 rings (SSSR count). The van der Waals surface area contributed by atoms with Crippen LogP contribution in [0.15, 0.2) is 30.3 Å². The Morgan fingerprint density at radius 2 is 1.88 bits per heavy atom. The highest BCUT2D eigenvalue weighted by molar-refractivity contribution is 6.30. The first kappa shape index (κ1) is 22.6. The van der Waals surface area contributed by atoms with E-state index in [1.54, 1.807) is 7.05 Å². The lowest BCUT2D eigenvalue weighted by atomic mass is 9.85. The molecule has 7 nitrogen and oxygen atoms in total. The Bertz CT molecular complexity index is 1130. The zero-order valence-electron chi connectivity index (χ0n) is 19.3. The highest BCUT2D eigenvalue weighted by atomic mass is 35.5. The molecule has 0 bridgehead atoms. The van der Waals surface area contributed by atoms with Gasteiger partial charge in [0.25, 0.3) is 5.91 Å². The summed E-state index contributed by atoms with van der Waals surface area (Å²) < 4.78 is 7.66. The molecule has 0 aliphatic carbocycles. The van der Waals surface area contributed by atoms with Crippen molar-refractivity contribution in [3.8, 4) is 0 Å². The van der Waals surface area contributed by atoms with E-state index in [0.29, 0.717) is 35.3 Å². The van der Waals surface area contributed by atoms with E-state index in [1.165, 1.54) is 0 Å². The van der Waals surface area contributed by atoms with Crippen LogP contribution in [-0.4, -0.2) is 48.0 Å². The number of benzene rings is 1. The van der Waals surface area contributed by atoms with Crippen LogP contribution in [0.5, 0.6) is 0 Å². The number of fused-ring (bicyclic) bond motifs is 1. The molecular weight excluding hydrogens is 426 g/mol. The number of anilines is 2. The second-order valence-electron chi connectivity index (χ2n) is 9.23. The third kappa shape index (κ3) is 4.19. The maximum absolute atomic E-state index is 12.8. The number of ether oxygens (including phenoxy) is 1. The lowest BCUT2D eigenvalue weighted by Gasteiger charge is -2.25. The quantitative estimate of drug-likeness (QED) is 0.608. The lowest BCUT2D eigenvalue weighted by Crippen LogP contribution is -2.26. The van der Waals surface area contributed by atoms with Crippen molar-refractivity contribution in [3.05, 3.63) is 46.6 Å². The molecule has 1 fully saturated rings. The molecule has 1 amide bonds. The van der Waals surface area contributed by atoms with E-state index < -0.39 is 0 Å². The third-order valence-corrected chi connectivity index (χ3v) is 6.23. The van der Waals surface area contributed by atoms with Gasteiger partial charge in [0.2, 0.25) is 0 Å². The average molecular weight is 456 g/mol. The van der Waals surface area contributed by atoms with Crippen LogP contribution in [0.3, 0.4) is 0 Å². The molecule has 0 unspecified atom stereocenters. The Kier molecular flexibility index (Phi) is 6.14. The fourth-order valence-electron chi connectivity index (χ4n) is 4.13. The first-order valence-electron chi connectivity index (χ1n) is 10.9. The second kappa shape index (κ2) is 8.71. The van der Waals surface area contributed by atoms with Gasteiger partial charge < -0.3 is 15.0 Å². The monoisotopic (exact) mass is 455 g/mol. The number of rotatable bonds is 4. The number of hydrogen-bond acceptors (Lipinski definition) is 5. The van der Waals surface area contributed by atoms with Gasteiger partial charge in [-0.3, -0.25) is 9.48 Å². The number of carbonyl (C=O) groups is 1. The number of carbonyl (C=O) groups excluding carboxylic acids is 1. The molecule has 3 heterocycles. The molecule has 1 aliphatic rings. The molecule has 3 aromatic rings. The van der Waals surface area contributed by atoms with Crippen LogP contribution >= 0.6 is 11.6 Å². The minimum absolute atomic E-state index is 0.198. The minimum atomic E-state index is -0.254. The van der Waals surface area contributed by atoms with Gasteiger partial charge in [0.05, 0.1) is 11.6 Å². The summed E-state index contributed by atoms with van der Waals surface area (Å²) in [5.41, 5.74) is 3.67. The predicted octanol–water partition coefficient (Wildman–Crippen LogP) is 4.86. The largest absolute Gasteiger partial charge is 0.381 e. The van der Waals surface area contributed by atoms with E-state index in [4.69, 9.17) is 26.4 Å². The molecule has 0 atom stereocenters. The smallest absolute Gasteiger partial charge is 0.269 e. The highest BCUT2D eigenvalue weighted by Crippen LogP contribution is 2.37. The fraction of sp³-hybridized carbons (Fsp3) is 0.458. The van der Waals surface area contributed by atoms with E-state index in [0.717, 1.165) is 29.6 Å². The summed E-state index contributed by atoms with van der Waals surface area (Å²) >= 11 is 6.09. The Morgan fingerprint density at radius 3 is 2.47 bits per heavy atom. The number of nitrogens with one attached hydrogen (secondary N) is 1. The summed E-state index contributed by atoms with van der Waals surface area (Å²) in [6.07, 6.45) is 1.78. The van der Waals surface area contributed by atoms with Crippen LogP contribution in [0.1, 0.15) is 55.7 Å². The number of hydrogen-bond donors (Lipinski definition) is 1. The number of nitrogens with zero attached hydrogens (tertiary/aromatic N) is 4. The summed E-state index contributed by atoms with van der Waals surface area (Å²) in [7, 11) is 3.59. The highest BCUT2D eigenvalue weighted by Gasteiger charge is 2.29. The van der Waals surface area contributed by atoms with Gasteiger partial charge in [0, 0.05) is 38.0 Å². The maximum Gasteiger partial charge on any atom is 0.269 e. The number of amides is 1. The molecule has 1 N–H and O–H groups in total. The summed E-state index contributed by atoms with van der Waals surface area (Å²) in [6, 6.07) is 9.92. The molecule has 2 aromatic heterocycles. The van der Waals surface area contributed by atoms with Crippen molar-refractivity contribution in [1.82, 2.24) is 20.1 Å². The number of halogens is 1. The molecule has 1 saturated heterocycles. The average Bonchev–Trinajstić information content (AvgIpc) is 3.16. The Balaban J connectivity index is 1.96. The van der Waals surface area contributed by atoms with Crippen molar-refractivity contribution in [2.24, 2.45) is 0 Å². The van der Waals surface area contributed by atoms with Crippen molar-refractivity contribution in [2.75, 3.05) is 32.2 Å². The zero-order chi connectivity index (χ0) is 23.0. The molecule has 170 valence electrons. The first-order valence-corrected chi connectivity index (χ1v) is 11.3. The predicted molar refractivity (Wildman–Crippen MR) is 128 cm³/mol. The molecular formula is C24H30ClN5O2. The van der Waals surface area contributed by atoms with Gasteiger partial charge >= 0.3 is 0 Å². The van der Waals surface area contributed by atoms with E-state index in [-0.39, 0.29) is 17.4 Å². The van der Waals surface area contributed by atoms with Crippen LogP contribution in [0.2, 0.25) is 5.02 Å². The normalized spacial score (nSPS) is 15.2. The van der Waals surface area contributed by atoms with Crippen LogP contribution < -0.4 is 10.2 Å². The van der Waals surface area contributed by atoms with Crippen molar-refractivity contribution in [1.29, 1.82) is 0 Å². The molecule has 1 aliphatic heterocycles. The van der Waals surface area contributed by atoms with Gasteiger partial charge in [-0.05, 0) is 54.2 Å². The van der Waals surface area contributed by atoms with E-state index in [9.17, 15) is 4.79 Å². The fourth-order valence-corrected chi connectivity index (χ4v) is 4.26. The number of pyridine rings is 1. The molecule has 0 radical (unpaired) electrons. The van der Waals surface area contributed by atoms with Gasteiger partial charge in [0.15, 0.2) is 5.82 Å². The second-order valence-corrected chi connectivity index (χ2v) is 9.66. The van der Waals surface area contributed by atoms with Gasteiger partial charge in [-0.2, -0.15) is 5.10 Å². The summed E-state index contributed by atoms with van der Waals surface area (Å²) in [5, 5.41) is 8.44. The minimum Gasteiger partial charge on any atom is -0.381 e. The van der Waals surface area contributed by atoms with Crippen LogP contribution in [0, 0.1) is 0 Å². The van der Waals surface area contributed by atoms with Crippen molar-refractivity contribution < 1.29 is 9.53 Å².